The SMILES string of the molecule is COc1ccccc1CCNC(=O)N[C@H]1CCSc2ccccc21. The molecule has 0 bridgehead atoms. The Morgan fingerprint density at radius 2 is 2.00 bits per heavy atom. The van der Waals surface area contributed by atoms with Crippen molar-refractivity contribution in [2.45, 2.75) is 23.8 Å². The van der Waals surface area contributed by atoms with Crippen molar-refractivity contribution in [3.05, 3.63) is 59.7 Å². The van der Waals surface area contributed by atoms with Crippen LogP contribution in [0.1, 0.15) is 23.6 Å². The van der Waals surface area contributed by atoms with Crippen LogP contribution in [0.5, 0.6) is 5.75 Å². The van der Waals surface area contributed by atoms with Crippen LogP contribution in [0.25, 0.3) is 0 Å². The number of fused-ring (bicyclic) bond motifs is 1. The lowest BCUT2D eigenvalue weighted by Crippen LogP contribution is -2.39. The maximum atomic E-state index is 12.2. The van der Waals surface area contributed by atoms with Crippen LogP contribution >= 0.6 is 11.8 Å². The summed E-state index contributed by atoms with van der Waals surface area (Å²) in [4.78, 5) is 13.5. The Kier molecular flexibility index (Phi) is 5.64. The molecule has 1 aliphatic rings. The van der Waals surface area contributed by atoms with Crippen LogP contribution in [-0.2, 0) is 6.42 Å². The maximum absolute atomic E-state index is 12.2. The Hall–Kier alpha value is -2.14. The molecule has 0 saturated heterocycles. The predicted octanol–water partition coefficient (Wildman–Crippen LogP) is 3.77. The van der Waals surface area contributed by atoms with Crippen molar-refractivity contribution < 1.29 is 9.53 Å². The molecule has 1 heterocycles. The first-order valence-corrected chi connectivity index (χ1v) is 9.14. The number of para-hydroxylation sites is 1. The summed E-state index contributed by atoms with van der Waals surface area (Å²) in [5, 5.41) is 6.04. The highest BCUT2D eigenvalue weighted by Crippen LogP contribution is 2.35. The fourth-order valence-corrected chi connectivity index (χ4v) is 4.05. The molecule has 0 fully saturated rings. The molecule has 3 rings (SSSR count). The highest BCUT2D eigenvalue weighted by atomic mass is 32.2. The van der Waals surface area contributed by atoms with Crippen LogP contribution in [0.15, 0.2) is 53.4 Å². The standard InChI is InChI=1S/C19H22N2O2S/c1-23-17-8-4-2-6-14(17)10-12-20-19(22)21-16-11-13-24-18-9-5-3-7-15(16)18/h2-9,16H,10-13H2,1H3,(H2,20,21,22)/t16-/m0/s1. The fraction of sp³-hybridized carbons (Fsp3) is 0.316. The third-order valence-corrected chi connectivity index (χ3v) is 5.26. The number of urea groups is 1. The van der Waals surface area contributed by atoms with Gasteiger partial charge in [-0.3, -0.25) is 0 Å². The molecule has 0 spiro atoms. The minimum absolute atomic E-state index is 0.0914. The average Bonchev–Trinajstić information content (AvgIpc) is 2.62. The Morgan fingerprint density at radius 3 is 2.88 bits per heavy atom. The molecule has 5 heteroatoms. The monoisotopic (exact) mass is 342 g/mol. The number of methoxy groups -OCH3 is 1. The van der Waals surface area contributed by atoms with E-state index in [9.17, 15) is 4.79 Å². The lowest BCUT2D eigenvalue weighted by Gasteiger charge is -2.26. The van der Waals surface area contributed by atoms with Gasteiger partial charge in [0.05, 0.1) is 13.2 Å². The fourth-order valence-electron chi connectivity index (χ4n) is 2.92. The minimum Gasteiger partial charge on any atom is -0.496 e. The number of thioether (sulfide) groups is 1. The Labute approximate surface area is 147 Å². The number of carbonyl (C=O) groups excluding carboxylic acids is 1. The first-order valence-electron chi connectivity index (χ1n) is 8.16. The van der Waals surface area contributed by atoms with Crippen molar-refractivity contribution in [2.24, 2.45) is 0 Å². The van der Waals surface area contributed by atoms with E-state index in [1.807, 2.05) is 48.2 Å². The molecule has 2 aromatic carbocycles. The summed E-state index contributed by atoms with van der Waals surface area (Å²) >= 11 is 1.85. The summed E-state index contributed by atoms with van der Waals surface area (Å²) in [6, 6.07) is 16.1. The van der Waals surface area contributed by atoms with E-state index in [0.717, 1.165) is 29.9 Å². The molecular weight excluding hydrogens is 320 g/mol. The second-order valence-electron chi connectivity index (χ2n) is 5.69. The smallest absolute Gasteiger partial charge is 0.315 e. The van der Waals surface area contributed by atoms with Gasteiger partial charge in [0, 0.05) is 17.2 Å². The third-order valence-electron chi connectivity index (χ3n) is 4.14. The van der Waals surface area contributed by atoms with Crippen molar-refractivity contribution in [1.82, 2.24) is 10.6 Å². The van der Waals surface area contributed by atoms with Crippen molar-refractivity contribution in [3.8, 4) is 5.75 Å². The van der Waals surface area contributed by atoms with Crippen LogP contribution < -0.4 is 15.4 Å². The predicted molar refractivity (Wildman–Crippen MR) is 97.8 cm³/mol. The number of nitrogens with one attached hydrogen (secondary N) is 2. The second kappa shape index (κ2) is 8.11. The highest BCUT2D eigenvalue weighted by Gasteiger charge is 2.21. The van der Waals surface area contributed by atoms with E-state index in [4.69, 9.17) is 4.74 Å². The van der Waals surface area contributed by atoms with Crippen LogP contribution in [-0.4, -0.2) is 25.4 Å². The highest BCUT2D eigenvalue weighted by molar-refractivity contribution is 7.99. The third kappa shape index (κ3) is 4.03. The molecule has 0 unspecified atom stereocenters. The first-order chi connectivity index (χ1) is 11.8. The molecule has 0 radical (unpaired) electrons. The molecule has 2 aromatic rings. The summed E-state index contributed by atoms with van der Waals surface area (Å²) in [5.41, 5.74) is 2.31. The normalized spacial score (nSPS) is 16.1. The molecule has 0 saturated carbocycles. The molecule has 24 heavy (non-hydrogen) atoms. The van der Waals surface area contributed by atoms with Crippen LogP contribution in [0, 0.1) is 0 Å². The number of ether oxygens (including phenoxy) is 1. The van der Waals surface area contributed by atoms with Gasteiger partial charge in [-0.25, -0.2) is 4.79 Å². The van der Waals surface area contributed by atoms with Gasteiger partial charge in [-0.1, -0.05) is 36.4 Å². The van der Waals surface area contributed by atoms with E-state index in [0.29, 0.717) is 6.54 Å². The topological polar surface area (TPSA) is 50.4 Å². The second-order valence-corrected chi connectivity index (χ2v) is 6.83. The van der Waals surface area contributed by atoms with E-state index in [-0.39, 0.29) is 12.1 Å². The van der Waals surface area contributed by atoms with E-state index in [1.165, 1.54) is 10.5 Å². The van der Waals surface area contributed by atoms with E-state index < -0.39 is 0 Å². The van der Waals surface area contributed by atoms with Gasteiger partial charge in [0.15, 0.2) is 0 Å². The van der Waals surface area contributed by atoms with Gasteiger partial charge >= 0.3 is 6.03 Å². The Bertz CT molecular complexity index is 705. The Balaban J connectivity index is 1.52. The van der Waals surface area contributed by atoms with Gasteiger partial charge in [-0.15, -0.1) is 11.8 Å². The number of hydrogen-bond donors (Lipinski definition) is 2. The number of amides is 2. The van der Waals surface area contributed by atoms with Crippen LogP contribution in [0.3, 0.4) is 0 Å². The van der Waals surface area contributed by atoms with Gasteiger partial charge in [-0.2, -0.15) is 0 Å². The molecule has 1 aliphatic heterocycles. The van der Waals surface area contributed by atoms with E-state index in [1.54, 1.807) is 7.11 Å². The van der Waals surface area contributed by atoms with Gasteiger partial charge in [0.1, 0.15) is 5.75 Å². The maximum Gasteiger partial charge on any atom is 0.315 e. The minimum atomic E-state index is -0.114. The Morgan fingerprint density at radius 1 is 1.21 bits per heavy atom. The van der Waals surface area contributed by atoms with Crippen molar-refractivity contribution in [2.75, 3.05) is 19.4 Å². The van der Waals surface area contributed by atoms with Gasteiger partial charge in [0.2, 0.25) is 0 Å². The molecule has 2 amide bonds. The van der Waals surface area contributed by atoms with Gasteiger partial charge in [0.25, 0.3) is 0 Å². The zero-order chi connectivity index (χ0) is 16.8. The lowest BCUT2D eigenvalue weighted by atomic mass is 10.0. The first kappa shape index (κ1) is 16.7. The van der Waals surface area contributed by atoms with E-state index in [2.05, 4.69) is 22.8 Å². The van der Waals surface area contributed by atoms with Crippen LogP contribution in [0.2, 0.25) is 0 Å². The number of rotatable bonds is 5. The number of benzene rings is 2. The molecule has 0 aliphatic carbocycles. The van der Waals surface area contributed by atoms with Crippen molar-refractivity contribution in [3.63, 3.8) is 0 Å². The van der Waals surface area contributed by atoms with Crippen molar-refractivity contribution >= 4 is 17.8 Å². The molecule has 1 atom stereocenters. The zero-order valence-corrected chi connectivity index (χ0v) is 14.6. The zero-order valence-electron chi connectivity index (χ0n) is 13.7. The summed E-state index contributed by atoms with van der Waals surface area (Å²) in [6.45, 7) is 0.579. The lowest BCUT2D eigenvalue weighted by molar-refractivity contribution is 0.236. The van der Waals surface area contributed by atoms with Gasteiger partial charge in [-0.05, 0) is 36.1 Å². The molecule has 126 valence electrons. The molecular formula is C19H22N2O2S. The van der Waals surface area contributed by atoms with Crippen LogP contribution in [0.4, 0.5) is 4.79 Å². The van der Waals surface area contributed by atoms with Crippen molar-refractivity contribution in [1.29, 1.82) is 0 Å². The largest absolute Gasteiger partial charge is 0.496 e. The average molecular weight is 342 g/mol. The molecule has 2 N–H and O–H groups in total. The summed E-state index contributed by atoms with van der Waals surface area (Å²) in [6.07, 6.45) is 1.70. The van der Waals surface area contributed by atoms with Gasteiger partial charge < -0.3 is 15.4 Å². The summed E-state index contributed by atoms with van der Waals surface area (Å²) < 4.78 is 5.33. The molecule has 0 aromatic heterocycles. The molecule has 4 nitrogen and oxygen atoms in total. The number of carbonyl (C=O) groups is 1. The van der Waals surface area contributed by atoms with E-state index >= 15 is 0 Å². The summed E-state index contributed by atoms with van der Waals surface area (Å²) in [5.74, 6) is 1.89. The summed E-state index contributed by atoms with van der Waals surface area (Å²) in [7, 11) is 1.66. The number of hydrogen-bond acceptors (Lipinski definition) is 3. The quantitative estimate of drug-likeness (QED) is 0.869.